The summed E-state index contributed by atoms with van der Waals surface area (Å²) in [4.78, 5) is 16.5. The minimum Gasteiger partial charge on any atom is -0.357 e. The predicted octanol–water partition coefficient (Wildman–Crippen LogP) is 3.04. The third-order valence-corrected chi connectivity index (χ3v) is 4.29. The Balaban J connectivity index is 0.00000484. The lowest BCUT2D eigenvalue weighted by atomic mass is 9.95. The van der Waals surface area contributed by atoms with Crippen molar-refractivity contribution in [3.8, 4) is 0 Å². The third kappa shape index (κ3) is 10.0. The number of guanidine groups is 1. The molecule has 3 N–H and O–H groups in total. The van der Waals surface area contributed by atoms with Gasteiger partial charge in [0.05, 0.1) is 6.54 Å². The normalized spacial score (nSPS) is 17.3. The van der Waals surface area contributed by atoms with Gasteiger partial charge in [0.15, 0.2) is 5.96 Å². The average Bonchev–Trinajstić information content (AvgIpc) is 2.48. The van der Waals surface area contributed by atoms with E-state index in [0.717, 1.165) is 25.3 Å². The van der Waals surface area contributed by atoms with Crippen molar-refractivity contribution in [2.24, 2.45) is 10.9 Å². The number of halogens is 1. The minimum absolute atomic E-state index is 0. The van der Waals surface area contributed by atoms with Crippen molar-refractivity contribution in [2.45, 2.75) is 78.3 Å². The highest BCUT2D eigenvalue weighted by molar-refractivity contribution is 14.0. The average molecular weight is 438 g/mol. The van der Waals surface area contributed by atoms with Gasteiger partial charge >= 0.3 is 0 Å². The Bertz CT molecular complexity index is 355. The first kappa shape index (κ1) is 22.5. The van der Waals surface area contributed by atoms with E-state index in [9.17, 15) is 4.79 Å². The molecule has 1 aliphatic rings. The van der Waals surface area contributed by atoms with E-state index in [1.54, 1.807) is 0 Å². The second kappa shape index (κ2) is 12.8. The Kier molecular flexibility index (Phi) is 12.5. The molecule has 1 aliphatic carbocycles. The van der Waals surface area contributed by atoms with Crippen LogP contribution in [-0.2, 0) is 4.79 Å². The summed E-state index contributed by atoms with van der Waals surface area (Å²) >= 11 is 0. The highest BCUT2D eigenvalue weighted by atomic mass is 127. The van der Waals surface area contributed by atoms with Gasteiger partial charge in [0.2, 0.25) is 5.91 Å². The van der Waals surface area contributed by atoms with E-state index in [-0.39, 0.29) is 29.9 Å². The van der Waals surface area contributed by atoms with Gasteiger partial charge in [-0.15, -0.1) is 24.0 Å². The summed E-state index contributed by atoms with van der Waals surface area (Å²) in [5, 5.41) is 9.74. The van der Waals surface area contributed by atoms with Crippen molar-refractivity contribution >= 4 is 35.8 Å². The van der Waals surface area contributed by atoms with Crippen LogP contribution < -0.4 is 16.0 Å². The highest BCUT2D eigenvalue weighted by Gasteiger charge is 2.15. The first-order chi connectivity index (χ1) is 10.5. The maximum atomic E-state index is 12.0. The lowest BCUT2D eigenvalue weighted by Crippen LogP contribution is -2.44. The standard InChI is InChI=1S/C17H34N4O.HI/c1-5-18-17(20-14(4)13(2)3)19-12-11-16(22)21-15-9-7-6-8-10-15;/h13-15H,5-12H2,1-4H3,(H,21,22)(H2,18,19,20);1H. The molecule has 1 amide bonds. The van der Waals surface area contributed by atoms with Crippen LogP contribution in [0.3, 0.4) is 0 Å². The summed E-state index contributed by atoms with van der Waals surface area (Å²) in [7, 11) is 0. The molecular formula is C17H35IN4O. The molecule has 0 bridgehead atoms. The topological polar surface area (TPSA) is 65.5 Å². The van der Waals surface area contributed by atoms with Crippen LogP contribution in [-0.4, -0.2) is 37.0 Å². The van der Waals surface area contributed by atoms with E-state index >= 15 is 0 Å². The molecule has 1 saturated carbocycles. The molecule has 0 aromatic carbocycles. The van der Waals surface area contributed by atoms with Gasteiger partial charge in [0, 0.05) is 25.0 Å². The summed E-state index contributed by atoms with van der Waals surface area (Å²) in [5.41, 5.74) is 0. The van der Waals surface area contributed by atoms with Crippen molar-refractivity contribution in [3.05, 3.63) is 0 Å². The van der Waals surface area contributed by atoms with Crippen molar-refractivity contribution in [3.63, 3.8) is 0 Å². The number of nitrogens with one attached hydrogen (secondary N) is 3. The zero-order valence-corrected chi connectivity index (χ0v) is 17.5. The summed E-state index contributed by atoms with van der Waals surface area (Å²) in [6.07, 6.45) is 6.51. The van der Waals surface area contributed by atoms with Gasteiger partial charge in [-0.3, -0.25) is 9.79 Å². The van der Waals surface area contributed by atoms with Crippen molar-refractivity contribution in [1.29, 1.82) is 0 Å². The Labute approximate surface area is 158 Å². The van der Waals surface area contributed by atoms with Crippen LogP contribution in [0.5, 0.6) is 0 Å². The molecule has 1 atom stereocenters. The maximum absolute atomic E-state index is 12.0. The first-order valence-corrected chi connectivity index (χ1v) is 8.87. The molecule has 5 nitrogen and oxygen atoms in total. The molecule has 23 heavy (non-hydrogen) atoms. The smallest absolute Gasteiger partial charge is 0.222 e. The monoisotopic (exact) mass is 438 g/mol. The number of carbonyl (C=O) groups excluding carboxylic acids is 1. The number of aliphatic imine (C=N–C) groups is 1. The maximum Gasteiger partial charge on any atom is 0.222 e. The van der Waals surface area contributed by atoms with Crippen LogP contribution in [0.25, 0.3) is 0 Å². The molecule has 1 rings (SSSR count). The fraction of sp³-hybridized carbons (Fsp3) is 0.882. The zero-order chi connectivity index (χ0) is 16.4. The molecule has 0 heterocycles. The SMILES string of the molecule is CCNC(=NCCC(=O)NC1CCCCC1)NC(C)C(C)C.I. The van der Waals surface area contributed by atoms with Gasteiger partial charge in [-0.25, -0.2) is 0 Å². The molecule has 0 aromatic rings. The summed E-state index contributed by atoms with van der Waals surface area (Å²) in [5.74, 6) is 1.47. The van der Waals surface area contributed by atoms with Crippen molar-refractivity contribution in [2.75, 3.05) is 13.1 Å². The van der Waals surface area contributed by atoms with Crippen LogP contribution in [0, 0.1) is 5.92 Å². The van der Waals surface area contributed by atoms with Crippen LogP contribution in [0.4, 0.5) is 0 Å². The molecule has 0 aromatic heterocycles. The van der Waals surface area contributed by atoms with Gasteiger partial charge in [-0.1, -0.05) is 33.1 Å². The number of rotatable bonds is 7. The van der Waals surface area contributed by atoms with E-state index in [1.807, 2.05) is 6.92 Å². The highest BCUT2D eigenvalue weighted by Crippen LogP contribution is 2.17. The van der Waals surface area contributed by atoms with Crippen LogP contribution >= 0.6 is 24.0 Å². The van der Waals surface area contributed by atoms with Gasteiger partial charge in [-0.05, 0) is 32.6 Å². The summed E-state index contributed by atoms with van der Waals surface area (Å²) < 4.78 is 0. The van der Waals surface area contributed by atoms with Gasteiger partial charge in [-0.2, -0.15) is 0 Å². The molecule has 0 saturated heterocycles. The molecular weight excluding hydrogens is 403 g/mol. The fourth-order valence-corrected chi connectivity index (χ4v) is 2.52. The molecule has 0 spiro atoms. The molecule has 0 radical (unpaired) electrons. The molecule has 1 fully saturated rings. The van der Waals surface area contributed by atoms with Crippen LogP contribution in [0.1, 0.15) is 66.2 Å². The number of amides is 1. The number of hydrogen-bond donors (Lipinski definition) is 3. The largest absolute Gasteiger partial charge is 0.357 e. The Morgan fingerprint density at radius 2 is 1.83 bits per heavy atom. The van der Waals surface area contributed by atoms with Crippen molar-refractivity contribution < 1.29 is 4.79 Å². The van der Waals surface area contributed by atoms with Crippen LogP contribution in [0.2, 0.25) is 0 Å². The summed E-state index contributed by atoms with van der Waals surface area (Å²) in [6, 6.07) is 0.742. The number of carbonyl (C=O) groups is 1. The molecule has 136 valence electrons. The second-order valence-electron chi connectivity index (χ2n) is 6.59. The Hall–Kier alpha value is -0.530. The van der Waals surface area contributed by atoms with E-state index in [0.29, 0.717) is 31.0 Å². The second-order valence-corrected chi connectivity index (χ2v) is 6.59. The lowest BCUT2D eigenvalue weighted by molar-refractivity contribution is -0.121. The zero-order valence-electron chi connectivity index (χ0n) is 15.2. The summed E-state index contributed by atoms with van der Waals surface area (Å²) in [6.45, 7) is 9.90. The van der Waals surface area contributed by atoms with E-state index < -0.39 is 0 Å². The predicted molar refractivity (Wildman–Crippen MR) is 108 cm³/mol. The van der Waals surface area contributed by atoms with Gasteiger partial charge in [0.1, 0.15) is 0 Å². The van der Waals surface area contributed by atoms with Crippen LogP contribution in [0.15, 0.2) is 4.99 Å². The molecule has 6 heteroatoms. The van der Waals surface area contributed by atoms with Crippen molar-refractivity contribution in [1.82, 2.24) is 16.0 Å². The quantitative estimate of drug-likeness (QED) is 0.325. The Morgan fingerprint density at radius 3 is 2.39 bits per heavy atom. The number of hydrogen-bond acceptors (Lipinski definition) is 2. The molecule has 0 aliphatic heterocycles. The van der Waals surface area contributed by atoms with Gasteiger partial charge in [0.25, 0.3) is 0 Å². The number of nitrogens with zero attached hydrogens (tertiary/aromatic N) is 1. The third-order valence-electron chi connectivity index (χ3n) is 4.29. The van der Waals surface area contributed by atoms with E-state index in [4.69, 9.17) is 0 Å². The minimum atomic E-state index is 0. The van der Waals surface area contributed by atoms with E-state index in [2.05, 4.69) is 41.7 Å². The first-order valence-electron chi connectivity index (χ1n) is 8.87. The van der Waals surface area contributed by atoms with Gasteiger partial charge < -0.3 is 16.0 Å². The Morgan fingerprint density at radius 1 is 1.17 bits per heavy atom. The lowest BCUT2D eigenvalue weighted by Gasteiger charge is -2.22. The van der Waals surface area contributed by atoms with E-state index in [1.165, 1.54) is 19.3 Å². The molecule has 1 unspecified atom stereocenters. The fourth-order valence-electron chi connectivity index (χ4n) is 2.52.